The van der Waals surface area contributed by atoms with Crippen molar-refractivity contribution in [3.63, 3.8) is 0 Å². The van der Waals surface area contributed by atoms with E-state index in [0.29, 0.717) is 0 Å². The first kappa shape index (κ1) is 17.5. The van der Waals surface area contributed by atoms with Crippen molar-refractivity contribution in [1.29, 1.82) is 0 Å². The summed E-state index contributed by atoms with van der Waals surface area (Å²) in [4.78, 5) is 0. The summed E-state index contributed by atoms with van der Waals surface area (Å²) in [5, 5.41) is 0. The summed E-state index contributed by atoms with van der Waals surface area (Å²) in [6.45, 7) is 6.12. The van der Waals surface area contributed by atoms with E-state index in [4.69, 9.17) is 0 Å². The molecule has 0 aliphatic carbocycles. The lowest BCUT2D eigenvalue weighted by Gasteiger charge is -1.98. The van der Waals surface area contributed by atoms with E-state index in [2.05, 4.69) is 38.2 Å². The van der Waals surface area contributed by atoms with E-state index >= 15 is 0 Å². The molecule has 1 radical (unpaired) electrons. The third-order valence-electron chi connectivity index (χ3n) is 3.23. The van der Waals surface area contributed by atoms with Gasteiger partial charge in [-0.3, -0.25) is 0 Å². The maximum Gasteiger partial charge on any atom is -0.0348 e. The van der Waals surface area contributed by atoms with Crippen molar-refractivity contribution in [3.8, 4) is 0 Å². The molecule has 0 bridgehead atoms. The number of hydrogen-bond donors (Lipinski definition) is 0. The first-order valence-corrected chi connectivity index (χ1v) is 8.02. The Morgan fingerprint density at radius 3 is 1.72 bits per heavy atom. The Bertz CT molecular complexity index is 188. The lowest BCUT2D eigenvalue weighted by atomic mass is 10.1. The summed E-state index contributed by atoms with van der Waals surface area (Å²) in [7, 11) is 0. The first-order valence-electron chi connectivity index (χ1n) is 8.02. The molecular formula is C18H33. The molecule has 0 aliphatic rings. The van der Waals surface area contributed by atoms with Gasteiger partial charge in [0.15, 0.2) is 0 Å². The molecule has 105 valence electrons. The minimum atomic E-state index is 1.10. The smallest absolute Gasteiger partial charge is 0.0348 e. The molecule has 0 N–H and O–H groups in total. The lowest BCUT2D eigenvalue weighted by molar-refractivity contribution is 0.599. The molecule has 0 rings (SSSR count). The molecule has 0 fully saturated rings. The van der Waals surface area contributed by atoms with Gasteiger partial charge in [0.25, 0.3) is 0 Å². The standard InChI is InChI=1S/C18H33/c1-3-5-7-9-11-13-15-17-18-16-14-12-10-8-6-4-2/h12,14,16,18H,1,3-11,13,15,17H2,2H3. The minimum Gasteiger partial charge on any atom is -0.0845 e. The van der Waals surface area contributed by atoms with Gasteiger partial charge >= 0.3 is 0 Å². The fraction of sp³-hybridized carbons (Fsp3) is 0.722. The van der Waals surface area contributed by atoms with Gasteiger partial charge in [0.1, 0.15) is 0 Å². The van der Waals surface area contributed by atoms with Crippen LogP contribution in [0.15, 0.2) is 24.3 Å². The quantitative estimate of drug-likeness (QED) is 0.254. The third-order valence-corrected chi connectivity index (χ3v) is 3.23. The largest absolute Gasteiger partial charge is 0.0845 e. The van der Waals surface area contributed by atoms with Gasteiger partial charge < -0.3 is 0 Å². The van der Waals surface area contributed by atoms with E-state index in [1.54, 1.807) is 0 Å². The number of rotatable bonds is 13. The number of hydrogen-bond acceptors (Lipinski definition) is 0. The topological polar surface area (TPSA) is 0 Å². The van der Waals surface area contributed by atoms with Crippen molar-refractivity contribution in [2.45, 2.75) is 84.0 Å². The molecule has 0 heteroatoms. The van der Waals surface area contributed by atoms with Gasteiger partial charge in [0, 0.05) is 0 Å². The molecule has 0 aromatic carbocycles. The Morgan fingerprint density at radius 1 is 0.667 bits per heavy atom. The molecule has 18 heavy (non-hydrogen) atoms. The summed E-state index contributed by atoms with van der Waals surface area (Å²) >= 11 is 0. The molecule has 0 aromatic heterocycles. The van der Waals surface area contributed by atoms with Crippen LogP contribution in [0.4, 0.5) is 0 Å². The maximum atomic E-state index is 3.87. The van der Waals surface area contributed by atoms with Crippen LogP contribution in [0, 0.1) is 6.92 Å². The van der Waals surface area contributed by atoms with E-state index in [-0.39, 0.29) is 0 Å². The van der Waals surface area contributed by atoms with Crippen LogP contribution in [0.2, 0.25) is 0 Å². The molecule has 0 saturated heterocycles. The molecular weight excluding hydrogens is 216 g/mol. The molecule has 0 spiro atoms. The van der Waals surface area contributed by atoms with Gasteiger partial charge in [-0.1, -0.05) is 89.5 Å². The van der Waals surface area contributed by atoms with E-state index in [0.717, 1.165) is 6.42 Å². The van der Waals surface area contributed by atoms with E-state index in [1.807, 2.05) is 0 Å². The lowest BCUT2D eigenvalue weighted by Crippen LogP contribution is -1.78. The second kappa shape index (κ2) is 16.5. The molecule has 0 heterocycles. The minimum absolute atomic E-state index is 1.10. The highest BCUT2D eigenvalue weighted by atomic mass is 13.9. The fourth-order valence-corrected chi connectivity index (χ4v) is 2.01. The van der Waals surface area contributed by atoms with Crippen LogP contribution < -0.4 is 0 Å². The molecule has 0 saturated carbocycles. The van der Waals surface area contributed by atoms with Gasteiger partial charge in [-0.05, 0) is 25.7 Å². The monoisotopic (exact) mass is 249 g/mol. The Balaban J connectivity index is 3.13. The van der Waals surface area contributed by atoms with E-state index < -0.39 is 0 Å². The van der Waals surface area contributed by atoms with Gasteiger partial charge in [0.05, 0.1) is 0 Å². The molecule has 0 amide bonds. The van der Waals surface area contributed by atoms with E-state index in [9.17, 15) is 0 Å². The highest BCUT2D eigenvalue weighted by molar-refractivity contribution is 5.02. The van der Waals surface area contributed by atoms with Crippen molar-refractivity contribution in [3.05, 3.63) is 31.2 Å². The Morgan fingerprint density at radius 2 is 1.17 bits per heavy atom. The SMILES string of the molecule is [CH2]CCCCCCCCC=CC=CCCCCC. The van der Waals surface area contributed by atoms with Crippen molar-refractivity contribution in [2.24, 2.45) is 0 Å². The zero-order chi connectivity index (χ0) is 13.3. The van der Waals surface area contributed by atoms with Gasteiger partial charge in [-0.2, -0.15) is 0 Å². The second-order valence-corrected chi connectivity index (χ2v) is 5.12. The normalized spacial score (nSPS) is 11.9. The van der Waals surface area contributed by atoms with Crippen LogP contribution in [0.1, 0.15) is 84.0 Å². The summed E-state index contributed by atoms with van der Waals surface area (Å²) in [6.07, 6.45) is 24.9. The van der Waals surface area contributed by atoms with Crippen molar-refractivity contribution >= 4 is 0 Å². The first-order chi connectivity index (χ1) is 8.91. The second-order valence-electron chi connectivity index (χ2n) is 5.12. The van der Waals surface area contributed by atoms with Crippen molar-refractivity contribution in [1.82, 2.24) is 0 Å². The summed E-state index contributed by atoms with van der Waals surface area (Å²) in [5.41, 5.74) is 0. The number of allylic oxidation sites excluding steroid dienone is 4. The van der Waals surface area contributed by atoms with Gasteiger partial charge in [-0.25, -0.2) is 0 Å². The van der Waals surface area contributed by atoms with E-state index in [1.165, 1.54) is 70.6 Å². The zero-order valence-corrected chi connectivity index (χ0v) is 12.5. The summed E-state index contributed by atoms with van der Waals surface area (Å²) in [5.74, 6) is 0. The average Bonchev–Trinajstić information content (AvgIpc) is 2.39. The number of unbranched alkanes of at least 4 members (excludes halogenated alkanes) is 10. The molecule has 0 unspecified atom stereocenters. The Labute approximate surface area is 116 Å². The fourth-order valence-electron chi connectivity index (χ4n) is 2.01. The zero-order valence-electron chi connectivity index (χ0n) is 12.5. The molecule has 0 atom stereocenters. The molecule has 0 nitrogen and oxygen atoms in total. The summed E-state index contributed by atoms with van der Waals surface area (Å²) in [6, 6.07) is 0. The highest BCUT2D eigenvalue weighted by Crippen LogP contribution is 2.08. The van der Waals surface area contributed by atoms with Crippen LogP contribution in [0.3, 0.4) is 0 Å². The Hall–Kier alpha value is -0.520. The average molecular weight is 249 g/mol. The molecule has 0 aliphatic heterocycles. The molecule has 0 aromatic rings. The summed E-state index contributed by atoms with van der Waals surface area (Å²) < 4.78 is 0. The van der Waals surface area contributed by atoms with Crippen LogP contribution in [0.5, 0.6) is 0 Å². The van der Waals surface area contributed by atoms with Crippen LogP contribution >= 0.6 is 0 Å². The van der Waals surface area contributed by atoms with Crippen molar-refractivity contribution < 1.29 is 0 Å². The van der Waals surface area contributed by atoms with Crippen molar-refractivity contribution in [2.75, 3.05) is 0 Å². The predicted octanol–water partition coefficient (Wildman–Crippen LogP) is 6.63. The predicted molar refractivity (Wildman–Crippen MR) is 84.7 cm³/mol. The third kappa shape index (κ3) is 15.5. The Kier molecular flexibility index (Phi) is 16.0. The van der Waals surface area contributed by atoms with Gasteiger partial charge in [-0.15, -0.1) is 0 Å². The van der Waals surface area contributed by atoms with Gasteiger partial charge in [0.2, 0.25) is 0 Å². The van der Waals surface area contributed by atoms with Crippen LogP contribution in [0.25, 0.3) is 0 Å². The van der Waals surface area contributed by atoms with Crippen LogP contribution in [-0.4, -0.2) is 0 Å². The van der Waals surface area contributed by atoms with Crippen LogP contribution in [-0.2, 0) is 0 Å². The maximum absolute atomic E-state index is 3.87. The highest BCUT2D eigenvalue weighted by Gasteiger charge is 1.88.